The lowest BCUT2D eigenvalue weighted by Gasteiger charge is -2.39. The highest BCUT2D eigenvalue weighted by Gasteiger charge is 2.25. The van der Waals surface area contributed by atoms with Gasteiger partial charge in [-0.05, 0) is 27.7 Å². The first-order valence-electron chi connectivity index (χ1n) is 7.00. The number of pyridine rings is 1. The fourth-order valence-corrected chi connectivity index (χ4v) is 2.89. The molecule has 1 aromatic heterocycles. The first-order chi connectivity index (χ1) is 9.04. The molecule has 0 aromatic carbocycles. The van der Waals surface area contributed by atoms with E-state index in [9.17, 15) is 0 Å². The molecule has 0 bridgehead atoms. The molecule has 2 heterocycles. The lowest BCUT2D eigenvalue weighted by atomic mass is 10.1. The van der Waals surface area contributed by atoms with Crippen molar-refractivity contribution in [2.45, 2.75) is 46.3 Å². The van der Waals surface area contributed by atoms with Crippen molar-refractivity contribution < 1.29 is 4.74 Å². The maximum atomic E-state index is 5.49. The van der Waals surface area contributed by atoms with Crippen LogP contribution in [0.4, 0.5) is 0 Å². The van der Waals surface area contributed by atoms with Gasteiger partial charge in [-0.3, -0.25) is 9.88 Å². The Balaban J connectivity index is 2.23. The molecule has 2 rings (SSSR count). The first kappa shape index (κ1) is 14.3. The maximum absolute atomic E-state index is 5.49. The predicted octanol–water partition coefficient (Wildman–Crippen LogP) is 1.89. The van der Waals surface area contributed by atoms with Crippen LogP contribution in [0.3, 0.4) is 0 Å². The molecule has 1 aliphatic heterocycles. The van der Waals surface area contributed by atoms with Crippen molar-refractivity contribution in [1.82, 2.24) is 15.2 Å². The van der Waals surface area contributed by atoms with E-state index in [1.54, 1.807) is 7.11 Å². The molecule has 1 saturated heterocycles. The van der Waals surface area contributed by atoms with Crippen molar-refractivity contribution in [1.29, 1.82) is 0 Å². The Morgan fingerprint density at radius 2 is 1.95 bits per heavy atom. The van der Waals surface area contributed by atoms with Gasteiger partial charge in [0.15, 0.2) is 0 Å². The smallest absolute Gasteiger partial charge is 0.128 e. The number of ether oxygens (including phenoxy) is 1. The van der Waals surface area contributed by atoms with E-state index in [-0.39, 0.29) is 0 Å². The van der Waals surface area contributed by atoms with Crippen LogP contribution < -0.4 is 10.1 Å². The van der Waals surface area contributed by atoms with Gasteiger partial charge in [-0.2, -0.15) is 0 Å². The van der Waals surface area contributed by atoms with Crippen LogP contribution in [0.25, 0.3) is 0 Å². The number of piperazine rings is 1. The Morgan fingerprint density at radius 3 is 2.53 bits per heavy atom. The van der Waals surface area contributed by atoms with Crippen molar-refractivity contribution in [2.75, 3.05) is 20.2 Å². The quantitative estimate of drug-likeness (QED) is 0.903. The largest absolute Gasteiger partial charge is 0.496 e. The van der Waals surface area contributed by atoms with Crippen LogP contribution in [-0.2, 0) is 6.54 Å². The third-order valence-electron chi connectivity index (χ3n) is 4.09. The van der Waals surface area contributed by atoms with Gasteiger partial charge in [-0.15, -0.1) is 0 Å². The van der Waals surface area contributed by atoms with E-state index < -0.39 is 0 Å². The molecular weight excluding hydrogens is 238 g/mol. The zero-order chi connectivity index (χ0) is 14.0. The van der Waals surface area contributed by atoms with E-state index >= 15 is 0 Å². The summed E-state index contributed by atoms with van der Waals surface area (Å²) in [7, 11) is 1.73. The summed E-state index contributed by atoms with van der Waals surface area (Å²) >= 11 is 0. The molecule has 2 unspecified atom stereocenters. The molecule has 0 amide bonds. The molecule has 19 heavy (non-hydrogen) atoms. The molecule has 1 aromatic rings. The number of nitrogens with zero attached hydrogens (tertiary/aromatic N) is 2. The molecule has 4 nitrogen and oxygen atoms in total. The van der Waals surface area contributed by atoms with E-state index in [0.717, 1.165) is 36.6 Å². The second kappa shape index (κ2) is 5.88. The fourth-order valence-electron chi connectivity index (χ4n) is 2.89. The number of hydrogen-bond donors (Lipinski definition) is 1. The minimum Gasteiger partial charge on any atom is -0.496 e. The van der Waals surface area contributed by atoms with Crippen LogP contribution in [0.2, 0.25) is 0 Å². The summed E-state index contributed by atoms with van der Waals surface area (Å²) in [6.45, 7) is 11.7. The van der Waals surface area contributed by atoms with E-state index in [4.69, 9.17) is 4.74 Å². The van der Waals surface area contributed by atoms with Gasteiger partial charge in [0, 0.05) is 49.0 Å². The molecule has 106 valence electrons. The van der Waals surface area contributed by atoms with E-state index in [0.29, 0.717) is 12.1 Å². The maximum Gasteiger partial charge on any atom is 0.128 e. The fraction of sp³-hybridized carbons (Fsp3) is 0.667. The number of hydrogen-bond acceptors (Lipinski definition) is 4. The minimum atomic E-state index is 0.539. The number of rotatable bonds is 3. The molecule has 2 atom stereocenters. The average molecular weight is 263 g/mol. The van der Waals surface area contributed by atoms with Gasteiger partial charge >= 0.3 is 0 Å². The van der Waals surface area contributed by atoms with Crippen LogP contribution >= 0.6 is 0 Å². The highest BCUT2D eigenvalue weighted by Crippen LogP contribution is 2.26. The topological polar surface area (TPSA) is 37.4 Å². The molecule has 4 heteroatoms. The Kier molecular flexibility index (Phi) is 4.42. The van der Waals surface area contributed by atoms with Crippen molar-refractivity contribution in [3.8, 4) is 5.75 Å². The second-order valence-electron chi connectivity index (χ2n) is 5.57. The number of aryl methyl sites for hydroxylation is 1. The third-order valence-corrected chi connectivity index (χ3v) is 4.09. The Hall–Kier alpha value is -1.13. The minimum absolute atomic E-state index is 0.539. The molecule has 0 aliphatic carbocycles. The molecule has 1 fully saturated rings. The van der Waals surface area contributed by atoms with Crippen LogP contribution in [0.5, 0.6) is 5.75 Å². The van der Waals surface area contributed by atoms with Gasteiger partial charge in [-0.25, -0.2) is 0 Å². The van der Waals surface area contributed by atoms with Crippen molar-refractivity contribution in [3.05, 3.63) is 23.0 Å². The van der Waals surface area contributed by atoms with E-state index in [1.165, 1.54) is 5.56 Å². The summed E-state index contributed by atoms with van der Waals surface area (Å²) in [5.41, 5.74) is 3.40. The summed E-state index contributed by atoms with van der Waals surface area (Å²) in [5, 5.41) is 3.46. The van der Waals surface area contributed by atoms with Gasteiger partial charge in [0.2, 0.25) is 0 Å². The van der Waals surface area contributed by atoms with E-state index in [2.05, 4.69) is 36.0 Å². The highest BCUT2D eigenvalue weighted by atomic mass is 16.5. The summed E-state index contributed by atoms with van der Waals surface area (Å²) in [4.78, 5) is 7.12. The van der Waals surface area contributed by atoms with E-state index in [1.807, 2.05) is 13.1 Å². The summed E-state index contributed by atoms with van der Waals surface area (Å²) in [5.74, 6) is 0.973. The number of aromatic nitrogens is 1. The van der Waals surface area contributed by atoms with Crippen LogP contribution in [-0.4, -0.2) is 42.2 Å². The predicted molar refractivity (Wildman–Crippen MR) is 77.6 cm³/mol. The average Bonchev–Trinajstić information content (AvgIpc) is 2.37. The molecule has 0 spiro atoms. The molecule has 1 N–H and O–H groups in total. The van der Waals surface area contributed by atoms with Gasteiger partial charge in [0.1, 0.15) is 5.75 Å². The van der Waals surface area contributed by atoms with Gasteiger partial charge < -0.3 is 10.1 Å². The number of methoxy groups -OCH3 is 1. The Morgan fingerprint density at radius 1 is 1.32 bits per heavy atom. The summed E-state index contributed by atoms with van der Waals surface area (Å²) < 4.78 is 5.49. The van der Waals surface area contributed by atoms with Crippen LogP contribution in [0.15, 0.2) is 6.20 Å². The molecule has 0 saturated carbocycles. The van der Waals surface area contributed by atoms with Gasteiger partial charge in [0.05, 0.1) is 12.8 Å². The first-order valence-corrected chi connectivity index (χ1v) is 7.00. The lowest BCUT2D eigenvalue weighted by molar-refractivity contribution is 0.107. The van der Waals surface area contributed by atoms with Crippen LogP contribution in [0.1, 0.15) is 30.7 Å². The second-order valence-corrected chi connectivity index (χ2v) is 5.57. The third kappa shape index (κ3) is 2.90. The molecular formula is C15H25N3O. The zero-order valence-corrected chi connectivity index (χ0v) is 12.7. The van der Waals surface area contributed by atoms with Crippen molar-refractivity contribution >= 4 is 0 Å². The lowest BCUT2D eigenvalue weighted by Crippen LogP contribution is -2.54. The Labute approximate surface area is 116 Å². The molecule has 0 radical (unpaired) electrons. The monoisotopic (exact) mass is 263 g/mol. The number of nitrogens with one attached hydrogen (secondary N) is 1. The molecule has 1 aliphatic rings. The summed E-state index contributed by atoms with van der Waals surface area (Å²) in [6.07, 6.45) is 1.92. The van der Waals surface area contributed by atoms with Gasteiger partial charge in [-0.1, -0.05) is 0 Å². The van der Waals surface area contributed by atoms with Crippen molar-refractivity contribution in [2.24, 2.45) is 0 Å². The van der Waals surface area contributed by atoms with Crippen LogP contribution in [0, 0.1) is 13.8 Å². The normalized spacial score (nSPS) is 24.5. The zero-order valence-electron chi connectivity index (χ0n) is 12.7. The van der Waals surface area contributed by atoms with Crippen molar-refractivity contribution in [3.63, 3.8) is 0 Å². The summed E-state index contributed by atoms with van der Waals surface area (Å²) in [6, 6.07) is 1.08. The SMILES string of the molecule is COc1c(C)cnc(CN2C(C)CNCC2C)c1C. The Bertz CT molecular complexity index is 437. The highest BCUT2D eigenvalue weighted by molar-refractivity contribution is 5.41. The standard InChI is InChI=1S/C15H25N3O/c1-10-6-17-14(13(4)15(10)19-5)9-18-11(2)7-16-8-12(18)3/h6,11-12,16H,7-9H2,1-5H3. The van der Waals surface area contributed by atoms with Gasteiger partial charge in [0.25, 0.3) is 0 Å².